The quantitative estimate of drug-likeness (QED) is 0.178. The predicted molar refractivity (Wildman–Crippen MR) is 156 cm³/mol. The first-order chi connectivity index (χ1) is 17.5. The highest BCUT2D eigenvalue weighted by molar-refractivity contribution is 7.80. The molecule has 0 spiro atoms. The van der Waals surface area contributed by atoms with Gasteiger partial charge in [-0.05, 0) is 63.2 Å². The zero-order chi connectivity index (χ0) is 25.5. The highest BCUT2D eigenvalue weighted by Gasteiger charge is 2.51. The van der Waals surface area contributed by atoms with E-state index in [0.29, 0.717) is 30.3 Å². The minimum atomic E-state index is -0.993. The van der Waals surface area contributed by atoms with Crippen molar-refractivity contribution in [3.8, 4) is 0 Å². The fourth-order valence-corrected chi connectivity index (χ4v) is 7.47. The monoisotopic (exact) mass is 520 g/mol. The average Bonchev–Trinajstić information content (AvgIpc) is 3.24. The molecule has 2 atom stereocenters. The van der Waals surface area contributed by atoms with Gasteiger partial charge in [0.05, 0.1) is 18.7 Å². The van der Waals surface area contributed by atoms with Crippen molar-refractivity contribution in [2.24, 2.45) is 0 Å². The Morgan fingerprint density at radius 1 is 0.778 bits per heavy atom. The number of rotatable bonds is 9. The molecule has 0 aliphatic carbocycles. The first-order valence-electron chi connectivity index (χ1n) is 12.7. The van der Waals surface area contributed by atoms with E-state index >= 15 is 0 Å². The minimum Gasteiger partial charge on any atom is -0.360 e. The number of nitrogens with zero attached hydrogens (tertiary/aromatic N) is 2. The number of hydrogen-bond donors (Lipinski definition) is 2. The molecule has 2 N–H and O–H groups in total. The van der Waals surface area contributed by atoms with Crippen LogP contribution in [0.4, 0.5) is 5.69 Å². The Morgan fingerprint density at radius 2 is 1.22 bits per heavy atom. The molecule has 190 valence electrons. The van der Waals surface area contributed by atoms with Crippen LogP contribution in [0, 0.1) is 0 Å². The fraction of sp³-hybridized carbons (Fsp3) is 0.345. The summed E-state index contributed by atoms with van der Waals surface area (Å²) >= 11 is 5.49. The molecule has 0 bridgehead atoms. The molecule has 0 unspecified atom stereocenters. The van der Waals surface area contributed by atoms with Crippen molar-refractivity contribution >= 4 is 31.5 Å². The third-order valence-electron chi connectivity index (χ3n) is 6.23. The van der Waals surface area contributed by atoms with E-state index < -0.39 is 8.45 Å². The molecule has 0 amide bonds. The lowest BCUT2D eigenvalue weighted by atomic mass is 9.92. The Balaban J connectivity index is 1.54. The van der Waals surface area contributed by atoms with Crippen molar-refractivity contribution < 1.29 is 4.52 Å². The van der Waals surface area contributed by atoms with Crippen LogP contribution < -0.4 is 10.6 Å². The second kappa shape index (κ2) is 12.8. The molecular weight excluding hydrogens is 483 g/mol. The number of thiocarbonyl (C=S) groups is 1. The van der Waals surface area contributed by atoms with Crippen LogP contribution in [0.5, 0.6) is 0 Å². The highest BCUT2D eigenvalue weighted by Crippen LogP contribution is 2.66. The summed E-state index contributed by atoms with van der Waals surface area (Å²) in [5.74, 6) is 0. The number of hydrogen-bond acceptors (Lipinski definition) is 4. The molecule has 1 fully saturated rings. The Morgan fingerprint density at radius 3 is 1.67 bits per heavy atom. The van der Waals surface area contributed by atoms with Crippen molar-refractivity contribution in [1.29, 1.82) is 0 Å². The Hall–Kier alpha value is -2.34. The zero-order valence-corrected chi connectivity index (χ0v) is 23.3. The van der Waals surface area contributed by atoms with Gasteiger partial charge in [-0.1, -0.05) is 78.9 Å². The molecule has 3 aromatic carbocycles. The molecule has 5 nitrogen and oxygen atoms in total. The lowest BCUT2D eigenvalue weighted by Crippen LogP contribution is -2.33. The van der Waals surface area contributed by atoms with Crippen LogP contribution in [0.3, 0.4) is 0 Å². The van der Waals surface area contributed by atoms with Crippen LogP contribution in [-0.2, 0) is 4.52 Å². The molecule has 4 rings (SSSR count). The zero-order valence-electron chi connectivity index (χ0n) is 21.5. The maximum absolute atomic E-state index is 6.72. The molecule has 0 radical (unpaired) electrons. The summed E-state index contributed by atoms with van der Waals surface area (Å²) in [4.78, 5) is 0. The third kappa shape index (κ3) is 6.31. The van der Waals surface area contributed by atoms with Gasteiger partial charge in [-0.15, -0.1) is 0 Å². The molecule has 1 heterocycles. The van der Waals surface area contributed by atoms with E-state index in [9.17, 15) is 0 Å². The van der Waals surface area contributed by atoms with Crippen molar-refractivity contribution in [1.82, 2.24) is 14.7 Å². The van der Waals surface area contributed by atoms with Gasteiger partial charge in [0.2, 0.25) is 0 Å². The summed E-state index contributed by atoms with van der Waals surface area (Å²) in [5.41, 5.74) is 3.63. The smallest absolute Gasteiger partial charge is 0.189 e. The van der Waals surface area contributed by atoms with Crippen molar-refractivity contribution in [2.75, 3.05) is 18.5 Å². The van der Waals surface area contributed by atoms with E-state index in [4.69, 9.17) is 16.7 Å². The van der Waals surface area contributed by atoms with Gasteiger partial charge >= 0.3 is 0 Å². The van der Waals surface area contributed by atoms with Crippen molar-refractivity contribution in [2.45, 2.75) is 51.9 Å². The Kier molecular flexibility index (Phi) is 9.47. The molecule has 1 aliphatic rings. The fourth-order valence-electron chi connectivity index (χ4n) is 4.75. The van der Waals surface area contributed by atoms with Gasteiger partial charge < -0.3 is 15.2 Å². The van der Waals surface area contributed by atoms with Gasteiger partial charge in [0, 0.05) is 24.3 Å². The van der Waals surface area contributed by atoms with E-state index in [1.807, 2.05) is 30.3 Å². The van der Waals surface area contributed by atoms with Gasteiger partial charge in [-0.25, -0.2) is 9.34 Å². The van der Waals surface area contributed by atoms with Crippen LogP contribution >= 0.6 is 20.7 Å². The van der Waals surface area contributed by atoms with Crippen molar-refractivity contribution in [3.63, 3.8) is 0 Å². The summed E-state index contributed by atoms with van der Waals surface area (Å²) in [6.07, 6.45) is 0. The Labute approximate surface area is 222 Å². The lowest BCUT2D eigenvalue weighted by Gasteiger charge is -2.34. The summed E-state index contributed by atoms with van der Waals surface area (Å²) in [7, 11) is -0.993. The number of anilines is 1. The number of benzene rings is 3. The van der Waals surface area contributed by atoms with E-state index in [2.05, 4.69) is 108 Å². The summed E-state index contributed by atoms with van der Waals surface area (Å²) < 4.78 is 11.9. The molecule has 0 aromatic heterocycles. The molecular formula is C29H37N4OPS. The summed E-state index contributed by atoms with van der Waals surface area (Å²) in [6.45, 7) is 10.3. The maximum Gasteiger partial charge on any atom is 0.189 e. The highest BCUT2D eigenvalue weighted by atomic mass is 32.1. The molecule has 1 aliphatic heterocycles. The second-order valence-electron chi connectivity index (χ2n) is 9.49. The predicted octanol–water partition coefficient (Wildman–Crippen LogP) is 7.13. The standard InChI is InChI=1S/C29H37N4OPS/c1-22(2)32-27(24-14-8-5-9-15-24)28(25-16-10-6-11-17-25)33(23(3)4)35(32)34-21-20-30-29(36)31-26-18-12-7-13-19-26/h5-19,22-23,27-28H,20-21H2,1-4H3,(H2,30,31,36)/t27-,28-/m1/s1. The number of para-hydroxylation sites is 1. The molecule has 3 aromatic rings. The molecule has 1 saturated heterocycles. The van der Waals surface area contributed by atoms with Gasteiger partial charge in [0.1, 0.15) is 0 Å². The normalized spacial score (nSPS) is 19.2. The van der Waals surface area contributed by atoms with E-state index in [1.165, 1.54) is 11.1 Å². The van der Waals surface area contributed by atoms with E-state index in [0.717, 1.165) is 5.69 Å². The van der Waals surface area contributed by atoms with Gasteiger partial charge in [0.25, 0.3) is 0 Å². The first-order valence-corrected chi connectivity index (χ1v) is 14.2. The Bertz CT molecular complexity index is 1030. The minimum absolute atomic E-state index is 0.205. The van der Waals surface area contributed by atoms with Crippen LogP contribution in [0.25, 0.3) is 0 Å². The van der Waals surface area contributed by atoms with Gasteiger partial charge in [-0.3, -0.25) is 0 Å². The summed E-state index contributed by atoms with van der Waals surface area (Å²) in [6, 6.07) is 32.8. The third-order valence-corrected chi connectivity index (χ3v) is 9.10. The largest absolute Gasteiger partial charge is 0.360 e. The lowest BCUT2D eigenvalue weighted by molar-refractivity contribution is 0.227. The molecule has 36 heavy (non-hydrogen) atoms. The molecule has 7 heteroatoms. The SMILES string of the molecule is CC(C)N1[C@H](c2ccccc2)[C@@H](c2ccccc2)N(C(C)C)P1OCCNC(=S)Nc1ccccc1. The van der Waals surface area contributed by atoms with Crippen LogP contribution in [0.15, 0.2) is 91.0 Å². The van der Waals surface area contributed by atoms with Gasteiger partial charge in [0.15, 0.2) is 13.6 Å². The topological polar surface area (TPSA) is 39.8 Å². The first kappa shape index (κ1) is 26.7. The van der Waals surface area contributed by atoms with E-state index in [1.54, 1.807) is 0 Å². The van der Waals surface area contributed by atoms with Gasteiger partial charge in [-0.2, -0.15) is 0 Å². The van der Waals surface area contributed by atoms with Crippen molar-refractivity contribution in [3.05, 3.63) is 102 Å². The van der Waals surface area contributed by atoms with Crippen LogP contribution in [-0.4, -0.2) is 39.7 Å². The maximum atomic E-state index is 6.72. The average molecular weight is 521 g/mol. The van der Waals surface area contributed by atoms with E-state index in [-0.39, 0.29) is 12.1 Å². The van der Waals surface area contributed by atoms with Crippen LogP contribution in [0.2, 0.25) is 0 Å². The summed E-state index contributed by atoms with van der Waals surface area (Å²) in [5, 5.41) is 7.13. The number of nitrogens with one attached hydrogen (secondary N) is 2. The van der Waals surface area contributed by atoms with Crippen LogP contribution in [0.1, 0.15) is 50.9 Å². The second-order valence-corrected chi connectivity index (χ2v) is 11.6. The molecule has 0 saturated carbocycles.